The first kappa shape index (κ1) is 15.8. The average Bonchev–Trinajstić information content (AvgIpc) is 2.41. The molecule has 1 unspecified atom stereocenters. The summed E-state index contributed by atoms with van der Waals surface area (Å²) < 4.78 is 14.3. The van der Waals surface area contributed by atoms with Crippen molar-refractivity contribution in [1.29, 1.82) is 0 Å². The monoisotopic (exact) mass is 375 g/mol. The van der Waals surface area contributed by atoms with E-state index in [4.69, 9.17) is 23.2 Å². The zero-order chi connectivity index (χ0) is 14.7. The molecule has 5 heteroatoms. The minimum atomic E-state index is -0.259. The topological polar surface area (TPSA) is 12.0 Å². The third-order valence-corrected chi connectivity index (χ3v) is 4.43. The Morgan fingerprint density at radius 1 is 1.20 bits per heavy atom. The highest BCUT2D eigenvalue weighted by Crippen LogP contribution is 2.30. The summed E-state index contributed by atoms with van der Waals surface area (Å²) in [5, 5.41) is 4.41. The van der Waals surface area contributed by atoms with Gasteiger partial charge in [-0.25, -0.2) is 4.39 Å². The zero-order valence-electron chi connectivity index (χ0n) is 10.8. The van der Waals surface area contributed by atoms with Crippen molar-refractivity contribution in [3.8, 4) is 0 Å². The molecule has 1 nitrogen and oxygen atoms in total. The molecule has 0 aliphatic rings. The summed E-state index contributed by atoms with van der Waals surface area (Å²) in [5.74, 6) is -0.259. The van der Waals surface area contributed by atoms with E-state index < -0.39 is 0 Å². The van der Waals surface area contributed by atoms with Crippen LogP contribution in [0.15, 0.2) is 40.9 Å². The standard InChI is InChI=1S/C15H13BrCl2FN/c1-20-15(12-8-11(19)4-5-13(12)16)6-9-2-3-10(17)7-14(9)18/h2-5,7-8,15,20H,6H2,1H3. The molecule has 0 aromatic heterocycles. The molecule has 20 heavy (non-hydrogen) atoms. The van der Waals surface area contributed by atoms with E-state index in [1.165, 1.54) is 12.1 Å². The van der Waals surface area contributed by atoms with Crippen LogP contribution in [0.3, 0.4) is 0 Å². The van der Waals surface area contributed by atoms with Crippen molar-refractivity contribution in [2.45, 2.75) is 12.5 Å². The highest BCUT2D eigenvalue weighted by molar-refractivity contribution is 9.10. The van der Waals surface area contributed by atoms with E-state index in [0.717, 1.165) is 15.6 Å². The Balaban J connectivity index is 2.31. The minimum Gasteiger partial charge on any atom is -0.313 e. The fourth-order valence-electron chi connectivity index (χ4n) is 2.06. The van der Waals surface area contributed by atoms with Gasteiger partial charge in [-0.3, -0.25) is 0 Å². The lowest BCUT2D eigenvalue weighted by atomic mass is 9.99. The number of hydrogen-bond donors (Lipinski definition) is 1. The van der Waals surface area contributed by atoms with Crippen molar-refractivity contribution < 1.29 is 4.39 Å². The molecule has 0 bridgehead atoms. The highest BCUT2D eigenvalue weighted by Gasteiger charge is 2.16. The first-order chi connectivity index (χ1) is 9.51. The van der Waals surface area contributed by atoms with Gasteiger partial charge < -0.3 is 5.32 Å². The Labute approximate surface area is 136 Å². The Kier molecular flexibility index (Phi) is 5.44. The van der Waals surface area contributed by atoms with Gasteiger partial charge in [-0.2, -0.15) is 0 Å². The molecular formula is C15H13BrCl2FN. The molecule has 0 aliphatic heterocycles. The van der Waals surface area contributed by atoms with Gasteiger partial charge >= 0.3 is 0 Å². The second kappa shape index (κ2) is 6.90. The maximum Gasteiger partial charge on any atom is 0.123 e. The third-order valence-electron chi connectivity index (χ3n) is 3.12. The van der Waals surface area contributed by atoms with E-state index in [2.05, 4.69) is 21.2 Å². The largest absolute Gasteiger partial charge is 0.313 e. The van der Waals surface area contributed by atoms with Crippen molar-refractivity contribution in [3.63, 3.8) is 0 Å². The maximum absolute atomic E-state index is 13.4. The van der Waals surface area contributed by atoms with Crippen LogP contribution >= 0.6 is 39.1 Å². The summed E-state index contributed by atoms with van der Waals surface area (Å²) in [5.41, 5.74) is 1.82. The van der Waals surface area contributed by atoms with Gasteiger partial charge in [0.05, 0.1) is 0 Å². The molecule has 2 aromatic carbocycles. The summed E-state index contributed by atoms with van der Waals surface area (Å²) >= 11 is 15.5. The summed E-state index contributed by atoms with van der Waals surface area (Å²) in [7, 11) is 1.84. The lowest BCUT2D eigenvalue weighted by Crippen LogP contribution is -2.19. The molecule has 0 spiro atoms. The van der Waals surface area contributed by atoms with Gasteiger partial charge in [0, 0.05) is 20.6 Å². The predicted octanol–water partition coefficient (Wildman–Crippen LogP) is 5.40. The van der Waals surface area contributed by atoms with Crippen LogP contribution in [0.2, 0.25) is 10.0 Å². The van der Waals surface area contributed by atoms with Gasteiger partial charge in [0.1, 0.15) is 5.82 Å². The van der Waals surface area contributed by atoms with Gasteiger partial charge in [-0.15, -0.1) is 0 Å². The molecule has 0 radical (unpaired) electrons. The minimum absolute atomic E-state index is 0.0428. The lowest BCUT2D eigenvalue weighted by molar-refractivity contribution is 0.575. The van der Waals surface area contributed by atoms with E-state index in [-0.39, 0.29) is 11.9 Å². The number of likely N-dealkylation sites (N-methyl/N-ethyl adjacent to an activating group) is 1. The molecule has 0 fully saturated rings. The summed E-state index contributed by atoms with van der Waals surface area (Å²) in [6.45, 7) is 0. The smallest absolute Gasteiger partial charge is 0.123 e. The molecule has 2 rings (SSSR count). The lowest BCUT2D eigenvalue weighted by Gasteiger charge is -2.19. The first-order valence-corrected chi connectivity index (χ1v) is 7.62. The molecular weight excluding hydrogens is 364 g/mol. The number of hydrogen-bond acceptors (Lipinski definition) is 1. The fourth-order valence-corrected chi connectivity index (χ4v) is 3.06. The van der Waals surface area contributed by atoms with Gasteiger partial charge in [0.15, 0.2) is 0 Å². The summed E-state index contributed by atoms with van der Waals surface area (Å²) in [6.07, 6.45) is 0.647. The second-order valence-electron chi connectivity index (χ2n) is 4.45. The SMILES string of the molecule is CNC(Cc1ccc(Cl)cc1Cl)c1cc(F)ccc1Br. The van der Waals surface area contributed by atoms with Gasteiger partial charge in [-0.1, -0.05) is 45.2 Å². The van der Waals surface area contributed by atoms with E-state index in [1.54, 1.807) is 18.2 Å². The van der Waals surface area contributed by atoms with E-state index in [9.17, 15) is 4.39 Å². The first-order valence-electron chi connectivity index (χ1n) is 6.07. The van der Waals surface area contributed by atoms with E-state index in [1.807, 2.05) is 13.1 Å². The van der Waals surface area contributed by atoms with Crippen molar-refractivity contribution in [2.75, 3.05) is 7.05 Å². The summed E-state index contributed by atoms with van der Waals surface area (Å²) in [6, 6.07) is 10.0. The number of rotatable bonds is 4. The van der Waals surface area contributed by atoms with Crippen LogP contribution in [0.1, 0.15) is 17.2 Å². The Morgan fingerprint density at radius 2 is 1.95 bits per heavy atom. The quantitative estimate of drug-likeness (QED) is 0.753. The molecule has 1 atom stereocenters. The molecule has 0 amide bonds. The predicted molar refractivity (Wildman–Crippen MR) is 86.1 cm³/mol. The molecule has 0 heterocycles. The van der Waals surface area contributed by atoms with Crippen LogP contribution in [0, 0.1) is 5.82 Å². The van der Waals surface area contributed by atoms with E-state index >= 15 is 0 Å². The van der Waals surface area contributed by atoms with Crippen molar-refractivity contribution in [2.24, 2.45) is 0 Å². The van der Waals surface area contributed by atoms with Crippen LogP contribution in [0.25, 0.3) is 0 Å². The van der Waals surface area contributed by atoms with Gasteiger partial charge in [0.2, 0.25) is 0 Å². The van der Waals surface area contributed by atoms with Gasteiger partial charge in [-0.05, 0) is 54.9 Å². The molecule has 0 aliphatic carbocycles. The normalized spacial score (nSPS) is 12.4. The highest BCUT2D eigenvalue weighted by atomic mass is 79.9. The fraction of sp³-hybridized carbons (Fsp3) is 0.200. The van der Waals surface area contributed by atoms with Crippen molar-refractivity contribution in [3.05, 3.63) is 67.9 Å². The van der Waals surface area contributed by atoms with Crippen LogP contribution in [-0.4, -0.2) is 7.05 Å². The van der Waals surface area contributed by atoms with Crippen LogP contribution < -0.4 is 5.32 Å². The number of nitrogens with one attached hydrogen (secondary N) is 1. The van der Waals surface area contributed by atoms with Crippen molar-refractivity contribution in [1.82, 2.24) is 5.32 Å². The molecule has 2 aromatic rings. The number of halogens is 4. The molecule has 1 N–H and O–H groups in total. The van der Waals surface area contributed by atoms with E-state index in [0.29, 0.717) is 16.5 Å². The van der Waals surface area contributed by atoms with Crippen LogP contribution in [0.4, 0.5) is 4.39 Å². The molecule has 0 saturated carbocycles. The second-order valence-corrected chi connectivity index (χ2v) is 6.14. The van der Waals surface area contributed by atoms with Crippen molar-refractivity contribution >= 4 is 39.1 Å². The maximum atomic E-state index is 13.4. The third kappa shape index (κ3) is 3.73. The van der Waals surface area contributed by atoms with Crippen LogP contribution in [0.5, 0.6) is 0 Å². The number of benzene rings is 2. The zero-order valence-corrected chi connectivity index (χ0v) is 13.9. The Hall–Kier alpha value is -0.610. The Bertz CT molecular complexity index is 619. The molecule has 0 saturated heterocycles. The average molecular weight is 377 g/mol. The van der Waals surface area contributed by atoms with Crippen LogP contribution in [-0.2, 0) is 6.42 Å². The molecule has 106 valence electrons. The van der Waals surface area contributed by atoms with Gasteiger partial charge in [0.25, 0.3) is 0 Å². The Morgan fingerprint density at radius 3 is 2.60 bits per heavy atom. The summed E-state index contributed by atoms with van der Waals surface area (Å²) in [4.78, 5) is 0.